The summed E-state index contributed by atoms with van der Waals surface area (Å²) < 4.78 is 0. The van der Waals surface area contributed by atoms with Crippen LogP contribution in [-0.2, 0) is 11.2 Å². The van der Waals surface area contributed by atoms with E-state index < -0.39 is 0 Å². The lowest BCUT2D eigenvalue weighted by atomic mass is 9.72. The molecule has 0 aliphatic heterocycles. The Balaban J connectivity index is 2.12. The van der Waals surface area contributed by atoms with Gasteiger partial charge in [-0.05, 0) is 24.8 Å². The second-order valence-electron chi connectivity index (χ2n) is 5.69. The second-order valence-corrected chi connectivity index (χ2v) is 5.69. The van der Waals surface area contributed by atoms with Crippen molar-refractivity contribution in [2.45, 2.75) is 45.4 Å². The number of hydrogen-bond donors (Lipinski definition) is 0. The Morgan fingerprint density at radius 2 is 1.95 bits per heavy atom. The van der Waals surface area contributed by atoms with Gasteiger partial charge in [0.2, 0.25) is 0 Å². The third-order valence-electron chi connectivity index (χ3n) is 4.07. The first-order valence-corrected chi connectivity index (χ1v) is 7.68. The van der Waals surface area contributed by atoms with Crippen LogP contribution in [0.2, 0.25) is 0 Å². The van der Waals surface area contributed by atoms with Crippen molar-refractivity contribution >= 4 is 5.78 Å². The molecule has 0 amide bonds. The van der Waals surface area contributed by atoms with Crippen molar-refractivity contribution in [1.29, 1.82) is 0 Å². The van der Waals surface area contributed by atoms with Crippen molar-refractivity contribution in [2.24, 2.45) is 5.41 Å². The number of unbranched alkanes of at least 4 members (excludes halogenated alkanes) is 2. The molecule has 1 aromatic rings. The third kappa shape index (κ3) is 3.69. The van der Waals surface area contributed by atoms with E-state index in [-0.39, 0.29) is 5.41 Å². The summed E-state index contributed by atoms with van der Waals surface area (Å²) in [6, 6.07) is 10.4. The molecule has 1 atom stereocenters. The first kappa shape index (κ1) is 14.8. The largest absolute Gasteiger partial charge is 0.299 e. The van der Waals surface area contributed by atoms with Gasteiger partial charge in [-0.3, -0.25) is 4.79 Å². The molecule has 0 saturated carbocycles. The van der Waals surface area contributed by atoms with Crippen LogP contribution in [-0.4, -0.2) is 5.78 Å². The van der Waals surface area contributed by atoms with E-state index >= 15 is 0 Å². The quantitative estimate of drug-likeness (QED) is 0.644. The fourth-order valence-electron chi connectivity index (χ4n) is 2.85. The minimum atomic E-state index is -0.316. The van der Waals surface area contributed by atoms with Crippen LogP contribution >= 0.6 is 0 Å². The van der Waals surface area contributed by atoms with Crippen LogP contribution < -0.4 is 0 Å². The van der Waals surface area contributed by atoms with Gasteiger partial charge in [0.1, 0.15) is 5.78 Å². The molecule has 20 heavy (non-hydrogen) atoms. The number of allylic oxidation sites excluding steroid dienone is 4. The van der Waals surface area contributed by atoms with Gasteiger partial charge in [-0.1, -0.05) is 74.4 Å². The van der Waals surface area contributed by atoms with E-state index in [1.54, 1.807) is 0 Å². The van der Waals surface area contributed by atoms with Gasteiger partial charge >= 0.3 is 0 Å². The summed E-state index contributed by atoms with van der Waals surface area (Å²) in [5.41, 5.74) is 0.931. The average molecular weight is 268 g/mol. The van der Waals surface area contributed by atoms with Crippen LogP contribution in [0.4, 0.5) is 0 Å². The maximum Gasteiger partial charge on any atom is 0.143 e. The van der Waals surface area contributed by atoms with Crippen LogP contribution in [0.1, 0.15) is 44.6 Å². The molecule has 1 heteroatoms. The van der Waals surface area contributed by atoms with Crippen LogP contribution in [0.15, 0.2) is 54.6 Å². The molecular weight excluding hydrogens is 244 g/mol. The smallest absolute Gasteiger partial charge is 0.143 e. The van der Waals surface area contributed by atoms with Gasteiger partial charge in [0.15, 0.2) is 0 Å². The summed E-state index contributed by atoms with van der Waals surface area (Å²) in [7, 11) is 0. The SMILES string of the molecule is CCCCCC(=O)C1(Cc2ccccc2)C=CC=CC1. The highest BCUT2D eigenvalue weighted by Gasteiger charge is 2.34. The summed E-state index contributed by atoms with van der Waals surface area (Å²) in [5, 5.41) is 0. The first-order chi connectivity index (χ1) is 9.77. The van der Waals surface area contributed by atoms with Crippen molar-refractivity contribution < 1.29 is 4.79 Å². The highest BCUT2D eigenvalue weighted by Crippen LogP contribution is 2.35. The molecule has 0 N–H and O–H groups in total. The Bertz CT molecular complexity index is 484. The zero-order chi connectivity index (χ0) is 14.3. The highest BCUT2D eigenvalue weighted by molar-refractivity contribution is 5.87. The number of benzene rings is 1. The molecule has 0 spiro atoms. The molecular formula is C19H24O. The molecule has 1 unspecified atom stereocenters. The average Bonchev–Trinajstić information content (AvgIpc) is 2.49. The highest BCUT2D eigenvalue weighted by atomic mass is 16.1. The molecule has 2 rings (SSSR count). The molecule has 0 radical (unpaired) electrons. The minimum absolute atomic E-state index is 0.316. The number of carbonyl (C=O) groups excluding carboxylic acids is 1. The molecule has 0 fully saturated rings. The summed E-state index contributed by atoms with van der Waals surface area (Å²) in [6.45, 7) is 2.17. The van der Waals surface area contributed by atoms with Crippen molar-refractivity contribution in [1.82, 2.24) is 0 Å². The van der Waals surface area contributed by atoms with Crippen molar-refractivity contribution in [3.8, 4) is 0 Å². The van der Waals surface area contributed by atoms with Crippen LogP contribution in [0, 0.1) is 5.41 Å². The zero-order valence-electron chi connectivity index (χ0n) is 12.3. The van der Waals surface area contributed by atoms with Crippen molar-refractivity contribution in [3.63, 3.8) is 0 Å². The lowest BCUT2D eigenvalue weighted by Gasteiger charge is -2.30. The van der Waals surface area contributed by atoms with Crippen LogP contribution in [0.5, 0.6) is 0 Å². The maximum atomic E-state index is 12.7. The van der Waals surface area contributed by atoms with E-state index in [1.807, 2.05) is 30.4 Å². The Labute approximate surface area is 122 Å². The maximum absolute atomic E-state index is 12.7. The molecule has 106 valence electrons. The van der Waals surface area contributed by atoms with Crippen molar-refractivity contribution in [2.75, 3.05) is 0 Å². The molecule has 0 bridgehead atoms. The fourth-order valence-corrected chi connectivity index (χ4v) is 2.85. The van der Waals surface area contributed by atoms with E-state index in [9.17, 15) is 4.79 Å². The molecule has 1 nitrogen and oxygen atoms in total. The van der Waals surface area contributed by atoms with E-state index in [4.69, 9.17) is 0 Å². The van der Waals surface area contributed by atoms with E-state index in [1.165, 1.54) is 5.56 Å². The second kappa shape index (κ2) is 7.23. The van der Waals surface area contributed by atoms with E-state index in [0.29, 0.717) is 12.2 Å². The third-order valence-corrected chi connectivity index (χ3v) is 4.07. The predicted octanol–water partition coefficient (Wildman–Crippen LogP) is 4.88. The van der Waals surface area contributed by atoms with Gasteiger partial charge in [0.25, 0.3) is 0 Å². The molecule has 0 aromatic heterocycles. The first-order valence-electron chi connectivity index (χ1n) is 7.68. The molecule has 1 aromatic carbocycles. The minimum Gasteiger partial charge on any atom is -0.299 e. The van der Waals surface area contributed by atoms with Gasteiger partial charge in [0, 0.05) is 6.42 Å². The molecule has 0 heterocycles. The zero-order valence-corrected chi connectivity index (χ0v) is 12.3. The monoisotopic (exact) mass is 268 g/mol. The van der Waals surface area contributed by atoms with Gasteiger partial charge in [-0.2, -0.15) is 0 Å². The Hall–Kier alpha value is -1.63. The van der Waals surface area contributed by atoms with Gasteiger partial charge in [0.05, 0.1) is 5.41 Å². The summed E-state index contributed by atoms with van der Waals surface area (Å²) in [6.07, 6.45) is 14.0. The molecule has 1 aliphatic rings. The van der Waals surface area contributed by atoms with E-state index in [0.717, 1.165) is 32.1 Å². The Kier molecular flexibility index (Phi) is 5.34. The summed E-state index contributed by atoms with van der Waals surface area (Å²) in [4.78, 5) is 12.7. The summed E-state index contributed by atoms with van der Waals surface area (Å²) in [5.74, 6) is 0.399. The normalized spacial score (nSPS) is 21.1. The Morgan fingerprint density at radius 1 is 1.15 bits per heavy atom. The van der Waals surface area contributed by atoms with E-state index in [2.05, 4.69) is 31.2 Å². The predicted molar refractivity (Wildman–Crippen MR) is 84.6 cm³/mol. The van der Waals surface area contributed by atoms with Gasteiger partial charge in [-0.15, -0.1) is 0 Å². The van der Waals surface area contributed by atoms with Gasteiger partial charge in [-0.25, -0.2) is 0 Å². The summed E-state index contributed by atoms with van der Waals surface area (Å²) >= 11 is 0. The Morgan fingerprint density at radius 3 is 2.60 bits per heavy atom. The topological polar surface area (TPSA) is 17.1 Å². The number of hydrogen-bond acceptors (Lipinski definition) is 1. The lowest BCUT2D eigenvalue weighted by Crippen LogP contribution is -2.32. The standard InChI is InChI=1S/C19H24O/c1-2-3-6-13-18(20)19(14-9-5-10-15-19)16-17-11-7-4-8-12-17/h4-5,7-12,14H,2-3,6,13,15-16H2,1H3. The van der Waals surface area contributed by atoms with Crippen LogP contribution in [0.25, 0.3) is 0 Å². The number of ketones is 1. The van der Waals surface area contributed by atoms with Gasteiger partial charge < -0.3 is 0 Å². The fraction of sp³-hybridized carbons (Fsp3) is 0.421. The number of rotatable bonds is 7. The number of carbonyl (C=O) groups is 1. The molecule has 0 saturated heterocycles. The molecule has 1 aliphatic carbocycles. The van der Waals surface area contributed by atoms with Crippen LogP contribution in [0.3, 0.4) is 0 Å². The lowest BCUT2D eigenvalue weighted by molar-refractivity contribution is -0.126. The number of Topliss-reactive ketones (excluding diaryl/α,β-unsaturated/α-hetero) is 1. The van der Waals surface area contributed by atoms with Crippen molar-refractivity contribution in [3.05, 3.63) is 60.2 Å².